The van der Waals surface area contributed by atoms with Crippen LogP contribution < -0.4 is 4.74 Å². The van der Waals surface area contributed by atoms with Crippen molar-refractivity contribution in [3.8, 4) is 11.8 Å². The Morgan fingerprint density at radius 1 is 1.04 bits per heavy atom. The summed E-state index contributed by atoms with van der Waals surface area (Å²) in [4.78, 5) is 2.73. The molecule has 0 aliphatic heterocycles. The van der Waals surface area contributed by atoms with Crippen molar-refractivity contribution >= 4 is 15.9 Å². The van der Waals surface area contributed by atoms with Gasteiger partial charge < -0.3 is 4.74 Å². The fourth-order valence-electron chi connectivity index (χ4n) is 2.61. The Morgan fingerprint density at radius 2 is 1.67 bits per heavy atom. The van der Waals surface area contributed by atoms with Crippen molar-refractivity contribution in [3.05, 3.63) is 65.7 Å². The van der Waals surface area contributed by atoms with E-state index in [0.717, 1.165) is 31.8 Å². The van der Waals surface area contributed by atoms with Crippen LogP contribution in [0.3, 0.4) is 0 Å². The van der Waals surface area contributed by atoms with Crippen molar-refractivity contribution in [1.29, 1.82) is 5.26 Å². The van der Waals surface area contributed by atoms with E-state index >= 15 is 0 Å². The zero-order valence-corrected chi connectivity index (χ0v) is 15.6. The Hall–Kier alpha value is -1.83. The summed E-state index contributed by atoms with van der Waals surface area (Å²) in [5.74, 6) is 0.876. The van der Waals surface area contributed by atoms with E-state index in [1.807, 2.05) is 18.2 Å². The van der Waals surface area contributed by atoms with Crippen molar-refractivity contribution in [3.63, 3.8) is 0 Å². The van der Waals surface area contributed by atoms with Gasteiger partial charge in [-0.25, -0.2) is 0 Å². The fourth-order valence-corrected chi connectivity index (χ4v) is 3.25. The second-order valence-electron chi connectivity index (χ2n) is 5.80. The first-order chi connectivity index (χ1) is 11.7. The van der Waals surface area contributed by atoms with E-state index in [1.54, 1.807) is 7.11 Å². The molecule has 0 aliphatic carbocycles. The third-order valence-electron chi connectivity index (χ3n) is 3.84. The lowest BCUT2D eigenvalue weighted by Gasteiger charge is -2.25. The highest BCUT2D eigenvalue weighted by atomic mass is 79.9. The fraction of sp³-hybridized carbons (Fsp3) is 0.350. The summed E-state index contributed by atoms with van der Waals surface area (Å²) in [7, 11) is 1.68. The van der Waals surface area contributed by atoms with Gasteiger partial charge in [0.25, 0.3) is 0 Å². The average molecular weight is 387 g/mol. The summed E-state index contributed by atoms with van der Waals surface area (Å²) >= 11 is 3.72. The molecule has 0 fully saturated rings. The van der Waals surface area contributed by atoms with Gasteiger partial charge >= 0.3 is 0 Å². The van der Waals surface area contributed by atoms with Crippen LogP contribution in [0.2, 0.25) is 0 Å². The molecule has 4 heteroatoms. The minimum atomic E-state index is 0.319. The highest BCUT2D eigenvalue weighted by Crippen LogP contribution is 2.17. The SMILES string of the molecule is COc1ccc(CN(Cc2ccccc2)CC(Br)CCC#N)cc1. The number of methoxy groups -OCH3 is 1. The number of halogens is 1. The van der Waals surface area contributed by atoms with Crippen molar-refractivity contribution in [2.24, 2.45) is 0 Å². The van der Waals surface area contributed by atoms with Gasteiger partial charge in [0.1, 0.15) is 5.75 Å². The van der Waals surface area contributed by atoms with Crippen molar-refractivity contribution in [2.45, 2.75) is 30.8 Å². The number of benzene rings is 2. The van der Waals surface area contributed by atoms with Crippen LogP contribution in [-0.4, -0.2) is 23.4 Å². The van der Waals surface area contributed by atoms with Gasteiger partial charge in [-0.2, -0.15) is 5.26 Å². The van der Waals surface area contributed by atoms with Gasteiger partial charge in [0.05, 0.1) is 13.2 Å². The molecule has 3 nitrogen and oxygen atoms in total. The first-order valence-corrected chi connectivity index (χ1v) is 9.03. The zero-order chi connectivity index (χ0) is 17.2. The van der Waals surface area contributed by atoms with E-state index in [2.05, 4.69) is 63.3 Å². The van der Waals surface area contributed by atoms with Crippen LogP contribution in [-0.2, 0) is 13.1 Å². The largest absolute Gasteiger partial charge is 0.497 e. The van der Waals surface area contributed by atoms with Crippen LogP contribution in [0.1, 0.15) is 24.0 Å². The molecule has 0 heterocycles. The van der Waals surface area contributed by atoms with Gasteiger partial charge in [-0.1, -0.05) is 58.4 Å². The Kier molecular flexibility index (Phi) is 7.81. The highest BCUT2D eigenvalue weighted by molar-refractivity contribution is 9.09. The molecule has 0 bridgehead atoms. The second-order valence-corrected chi connectivity index (χ2v) is 7.09. The van der Waals surface area contributed by atoms with E-state index in [9.17, 15) is 0 Å². The molecule has 0 saturated heterocycles. The first kappa shape index (κ1) is 18.5. The Balaban J connectivity index is 2.04. The summed E-state index contributed by atoms with van der Waals surface area (Å²) in [5.41, 5.74) is 2.55. The van der Waals surface area contributed by atoms with E-state index in [1.165, 1.54) is 11.1 Å². The van der Waals surface area contributed by atoms with E-state index in [4.69, 9.17) is 10.00 Å². The monoisotopic (exact) mass is 386 g/mol. The molecule has 2 aromatic rings. The van der Waals surface area contributed by atoms with Crippen LogP contribution in [0, 0.1) is 11.3 Å². The molecule has 0 saturated carbocycles. The molecule has 126 valence electrons. The van der Waals surface area contributed by atoms with Crippen LogP contribution in [0.4, 0.5) is 0 Å². The molecular weight excluding hydrogens is 364 g/mol. The van der Waals surface area contributed by atoms with Crippen LogP contribution in [0.15, 0.2) is 54.6 Å². The lowest BCUT2D eigenvalue weighted by molar-refractivity contribution is 0.256. The number of rotatable bonds is 9. The predicted molar refractivity (Wildman–Crippen MR) is 101 cm³/mol. The van der Waals surface area contributed by atoms with Gasteiger partial charge in [0.2, 0.25) is 0 Å². The van der Waals surface area contributed by atoms with Gasteiger partial charge in [-0.05, 0) is 29.7 Å². The number of ether oxygens (including phenoxy) is 1. The molecule has 0 spiro atoms. The summed E-state index contributed by atoms with van der Waals surface area (Å²) in [5, 5.41) is 8.77. The first-order valence-electron chi connectivity index (χ1n) is 8.11. The van der Waals surface area contributed by atoms with E-state index in [-0.39, 0.29) is 0 Å². The number of alkyl halides is 1. The minimum Gasteiger partial charge on any atom is -0.497 e. The molecule has 0 aromatic heterocycles. The highest BCUT2D eigenvalue weighted by Gasteiger charge is 2.13. The summed E-state index contributed by atoms with van der Waals surface area (Å²) in [6, 6.07) is 20.9. The molecular formula is C20H23BrN2O. The maximum Gasteiger partial charge on any atom is 0.118 e. The van der Waals surface area contributed by atoms with Gasteiger partial charge in [-0.3, -0.25) is 4.90 Å². The zero-order valence-electron chi connectivity index (χ0n) is 14.0. The van der Waals surface area contributed by atoms with Crippen molar-refractivity contribution in [1.82, 2.24) is 4.90 Å². The molecule has 0 aliphatic rings. The number of hydrogen-bond acceptors (Lipinski definition) is 3. The minimum absolute atomic E-state index is 0.319. The van der Waals surface area contributed by atoms with Crippen LogP contribution in [0.5, 0.6) is 5.75 Å². The second kappa shape index (κ2) is 10.1. The summed E-state index contributed by atoms with van der Waals surface area (Å²) in [6.07, 6.45) is 1.45. The molecule has 0 N–H and O–H groups in total. The quantitative estimate of drug-likeness (QED) is 0.582. The predicted octanol–water partition coefficient (Wildman–Crippen LogP) is 4.76. The lowest BCUT2D eigenvalue weighted by atomic mass is 10.1. The van der Waals surface area contributed by atoms with Crippen molar-refractivity contribution < 1.29 is 4.74 Å². The number of nitrogens with zero attached hydrogens (tertiary/aromatic N) is 2. The molecule has 2 aromatic carbocycles. The lowest BCUT2D eigenvalue weighted by Crippen LogP contribution is -2.29. The average Bonchev–Trinajstić information content (AvgIpc) is 2.61. The van der Waals surface area contributed by atoms with Gasteiger partial charge in [-0.15, -0.1) is 0 Å². The third-order valence-corrected chi connectivity index (χ3v) is 4.59. The smallest absolute Gasteiger partial charge is 0.118 e. The summed E-state index contributed by atoms with van der Waals surface area (Å²) in [6.45, 7) is 2.66. The Morgan fingerprint density at radius 3 is 2.25 bits per heavy atom. The maximum atomic E-state index is 8.77. The molecule has 1 unspecified atom stereocenters. The number of nitriles is 1. The van der Waals surface area contributed by atoms with E-state index < -0.39 is 0 Å². The number of hydrogen-bond donors (Lipinski definition) is 0. The van der Waals surface area contributed by atoms with Gasteiger partial charge in [0, 0.05) is 30.9 Å². The van der Waals surface area contributed by atoms with Gasteiger partial charge in [0.15, 0.2) is 0 Å². The standard InChI is InChI=1S/C20H23BrN2O/c1-24-20-11-9-18(10-12-20)15-23(16-19(21)8-5-13-22)14-17-6-3-2-4-7-17/h2-4,6-7,9-12,19H,5,8,14-16H2,1H3. The molecule has 2 rings (SSSR count). The van der Waals surface area contributed by atoms with E-state index in [0.29, 0.717) is 11.2 Å². The molecule has 1 atom stereocenters. The van der Waals surface area contributed by atoms with Crippen LogP contribution >= 0.6 is 15.9 Å². The topological polar surface area (TPSA) is 36.3 Å². The Labute approximate surface area is 153 Å². The van der Waals surface area contributed by atoms with Crippen LogP contribution in [0.25, 0.3) is 0 Å². The normalized spacial score (nSPS) is 11.9. The van der Waals surface area contributed by atoms with Crippen molar-refractivity contribution in [2.75, 3.05) is 13.7 Å². The third kappa shape index (κ3) is 6.35. The molecule has 24 heavy (non-hydrogen) atoms. The molecule has 0 radical (unpaired) electrons. The molecule has 0 amide bonds. The summed E-state index contributed by atoms with van der Waals surface area (Å²) < 4.78 is 5.23. The maximum absolute atomic E-state index is 8.77. The Bertz CT molecular complexity index is 637.